The van der Waals surface area contributed by atoms with E-state index in [1.54, 1.807) is 39.8 Å². The van der Waals surface area contributed by atoms with Crippen LogP contribution in [-0.4, -0.2) is 22.7 Å². The summed E-state index contributed by atoms with van der Waals surface area (Å²) in [5.41, 5.74) is 0.583. The normalized spacial score (nSPS) is 19.0. The van der Waals surface area contributed by atoms with Crippen LogP contribution in [0.2, 0.25) is 0 Å². The van der Waals surface area contributed by atoms with Crippen LogP contribution < -0.4 is 4.90 Å². The van der Waals surface area contributed by atoms with Crippen molar-refractivity contribution >= 4 is 17.7 Å². The third-order valence-corrected chi connectivity index (χ3v) is 3.37. The summed E-state index contributed by atoms with van der Waals surface area (Å²) in [6.07, 6.45) is 0.644. The van der Waals surface area contributed by atoms with Crippen LogP contribution in [0.3, 0.4) is 0 Å². The minimum atomic E-state index is -0.701. The smallest absolute Gasteiger partial charge is 0.421 e. The fourth-order valence-electron chi connectivity index (χ4n) is 2.30. The highest BCUT2D eigenvalue weighted by atomic mass is 16.6. The Morgan fingerprint density at radius 1 is 1.38 bits per heavy atom. The van der Waals surface area contributed by atoms with E-state index in [0.717, 1.165) is 10.5 Å². The van der Waals surface area contributed by atoms with Crippen molar-refractivity contribution in [2.45, 2.75) is 46.1 Å². The highest BCUT2D eigenvalue weighted by molar-refractivity contribution is 6.14. The Hall–Kier alpha value is -2.04. The maximum absolute atomic E-state index is 12.5. The van der Waals surface area contributed by atoms with E-state index in [-0.39, 0.29) is 17.6 Å². The molecule has 0 saturated heterocycles. The molecule has 0 aliphatic carbocycles. The van der Waals surface area contributed by atoms with Crippen molar-refractivity contribution in [1.29, 1.82) is 0 Å². The second kappa shape index (κ2) is 5.39. The van der Waals surface area contributed by atoms with Gasteiger partial charge in [-0.15, -0.1) is 0 Å². The van der Waals surface area contributed by atoms with Crippen molar-refractivity contribution in [2.75, 3.05) is 4.90 Å². The Bertz CT molecular complexity index is 574. The number of benzene rings is 1. The number of rotatable bonds is 0. The molecule has 2 amide bonds. The van der Waals surface area contributed by atoms with Crippen molar-refractivity contribution in [3.8, 4) is 5.75 Å². The van der Waals surface area contributed by atoms with E-state index in [4.69, 9.17) is 4.74 Å². The lowest BCUT2D eigenvalue weighted by Crippen LogP contribution is -2.43. The Labute approximate surface area is 124 Å². The first-order chi connectivity index (χ1) is 9.69. The molecule has 1 unspecified atom stereocenters. The van der Waals surface area contributed by atoms with Gasteiger partial charge in [0.1, 0.15) is 11.4 Å². The maximum atomic E-state index is 12.5. The molecular formula is C16H21NO4. The van der Waals surface area contributed by atoms with Gasteiger partial charge >= 0.3 is 6.09 Å². The summed E-state index contributed by atoms with van der Waals surface area (Å²) in [6.45, 7) is 7.05. The van der Waals surface area contributed by atoms with Crippen LogP contribution in [0, 0.1) is 5.92 Å². The highest BCUT2D eigenvalue weighted by Crippen LogP contribution is 2.33. The van der Waals surface area contributed by atoms with Crippen molar-refractivity contribution in [2.24, 2.45) is 5.92 Å². The third kappa shape index (κ3) is 3.35. The lowest BCUT2D eigenvalue weighted by Gasteiger charge is -2.27. The fourth-order valence-corrected chi connectivity index (χ4v) is 2.30. The molecule has 0 bridgehead atoms. The molecular weight excluding hydrogens is 270 g/mol. The molecule has 5 heteroatoms. The molecule has 0 radical (unpaired) electrons. The molecule has 1 aliphatic rings. The molecule has 1 aromatic rings. The summed E-state index contributed by atoms with van der Waals surface area (Å²) in [4.78, 5) is 25.9. The summed E-state index contributed by atoms with van der Waals surface area (Å²) >= 11 is 0. The Morgan fingerprint density at radius 2 is 2.05 bits per heavy atom. The first-order valence-corrected chi connectivity index (χ1v) is 7.08. The number of fused-ring (bicyclic) bond motifs is 1. The molecule has 21 heavy (non-hydrogen) atoms. The number of aryl methyl sites for hydroxylation is 1. The predicted octanol–water partition coefficient (Wildman–Crippen LogP) is 3.24. The molecule has 1 N–H and O–H groups in total. The number of hydrogen-bond donors (Lipinski definition) is 1. The number of aromatic hydroxyl groups is 1. The average molecular weight is 291 g/mol. The number of phenolic OH excluding ortho intramolecular Hbond substituents is 1. The van der Waals surface area contributed by atoms with Crippen LogP contribution in [0.1, 0.15) is 39.7 Å². The number of carbonyl (C=O) groups excluding carboxylic acids is 2. The van der Waals surface area contributed by atoms with E-state index in [2.05, 4.69) is 0 Å². The Morgan fingerprint density at radius 3 is 2.67 bits per heavy atom. The lowest BCUT2D eigenvalue weighted by atomic mass is 10.0. The lowest BCUT2D eigenvalue weighted by molar-refractivity contribution is -0.121. The van der Waals surface area contributed by atoms with Gasteiger partial charge in [0.2, 0.25) is 5.91 Å². The number of hydrogen-bond acceptors (Lipinski definition) is 4. The number of anilines is 1. The maximum Gasteiger partial charge on any atom is 0.421 e. The van der Waals surface area contributed by atoms with Crippen LogP contribution >= 0.6 is 0 Å². The second-order valence-corrected chi connectivity index (χ2v) is 6.41. The summed E-state index contributed by atoms with van der Waals surface area (Å²) in [5.74, 6) is -0.551. The van der Waals surface area contributed by atoms with Gasteiger partial charge in [0, 0.05) is 12.0 Å². The number of ether oxygens (including phenoxy) is 1. The van der Waals surface area contributed by atoms with E-state index in [0.29, 0.717) is 18.5 Å². The van der Waals surface area contributed by atoms with Gasteiger partial charge in [-0.1, -0.05) is 13.0 Å². The first kappa shape index (κ1) is 15.4. The quantitative estimate of drug-likeness (QED) is 0.796. The van der Waals surface area contributed by atoms with Gasteiger partial charge in [0.25, 0.3) is 0 Å². The van der Waals surface area contributed by atoms with Crippen molar-refractivity contribution in [3.63, 3.8) is 0 Å². The summed E-state index contributed by atoms with van der Waals surface area (Å²) in [6, 6.07) is 4.75. The average Bonchev–Trinajstić information content (AvgIpc) is 2.46. The zero-order valence-electron chi connectivity index (χ0n) is 12.8. The zero-order chi connectivity index (χ0) is 15.8. The zero-order valence-corrected chi connectivity index (χ0v) is 12.8. The molecule has 2 rings (SSSR count). The van der Waals surface area contributed by atoms with Crippen LogP contribution in [0.25, 0.3) is 0 Å². The molecule has 1 aromatic carbocycles. The van der Waals surface area contributed by atoms with Crippen LogP contribution in [0.5, 0.6) is 5.75 Å². The topological polar surface area (TPSA) is 66.8 Å². The van der Waals surface area contributed by atoms with E-state index in [1.807, 2.05) is 0 Å². The molecule has 0 spiro atoms. The van der Waals surface area contributed by atoms with Gasteiger partial charge in [0.15, 0.2) is 0 Å². The molecule has 5 nitrogen and oxygen atoms in total. The summed E-state index contributed by atoms with van der Waals surface area (Å²) in [7, 11) is 0. The molecule has 0 aromatic heterocycles. The molecule has 114 valence electrons. The second-order valence-electron chi connectivity index (χ2n) is 6.41. The van der Waals surface area contributed by atoms with Gasteiger partial charge in [-0.05, 0) is 45.2 Å². The summed E-state index contributed by atoms with van der Waals surface area (Å²) < 4.78 is 5.33. The molecule has 1 aliphatic heterocycles. The van der Waals surface area contributed by atoms with Crippen molar-refractivity contribution in [3.05, 3.63) is 23.8 Å². The standard InChI is InChI=1S/C16H21NO4/c1-10-5-6-11-7-8-12(18)9-13(11)17(14(10)19)15(20)21-16(2,3)4/h7-10,18H,5-6H2,1-4H3. The number of carbonyl (C=O) groups is 2. The SMILES string of the molecule is CC1CCc2ccc(O)cc2N(C(=O)OC(C)(C)C)C1=O. The van der Waals surface area contributed by atoms with Crippen molar-refractivity contribution in [1.82, 2.24) is 0 Å². The fraction of sp³-hybridized carbons (Fsp3) is 0.500. The van der Waals surface area contributed by atoms with Gasteiger partial charge in [-0.3, -0.25) is 4.79 Å². The minimum Gasteiger partial charge on any atom is -0.508 e. The first-order valence-electron chi connectivity index (χ1n) is 7.08. The van der Waals surface area contributed by atoms with E-state index < -0.39 is 11.7 Å². The van der Waals surface area contributed by atoms with Crippen LogP contribution in [0.4, 0.5) is 10.5 Å². The monoisotopic (exact) mass is 291 g/mol. The van der Waals surface area contributed by atoms with Gasteiger partial charge in [-0.2, -0.15) is 0 Å². The van der Waals surface area contributed by atoms with Gasteiger partial charge < -0.3 is 9.84 Å². The molecule has 1 heterocycles. The Kier molecular flexibility index (Phi) is 3.94. The summed E-state index contributed by atoms with van der Waals surface area (Å²) in [5, 5.41) is 9.67. The molecule has 0 fully saturated rings. The van der Waals surface area contributed by atoms with E-state index in [9.17, 15) is 14.7 Å². The predicted molar refractivity (Wildman–Crippen MR) is 79.3 cm³/mol. The number of nitrogens with zero attached hydrogens (tertiary/aromatic N) is 1. The highest BCUT2D eigenvalue weighted by Gasteiger charge is 2.35. The van der Waals surface area contributed by atoms with Crippen LogP contribution in [0.15, 0.2) is 18.2 Å². The van der Waals surface area contributed by atoms with Gasteiger partial charge in [0.05, 0.1) is 5.69 Å². The molecule has 0 saturated carbocycles. The number of imide groups is 1. The third-order valence-electron chi connectivity index (χ3n) is 3.37. The van der Waals surface area contributed by atoms with E-state index >= 15 is 0 Å². The number of phenols is 1. The minimum absolute atomic E-state index is 0.0182. The van der Waals surface area contributed by atoms with Crippen molar-refractivity contribution < 1.29 is 19.4 Å². The van der Waals surface area contributed by atoms with Crippen LogP contribution in [-0.2, 0) is 16.0 Å². The number of amides is 2. The molecule has 1 atom stereocenters. The van der Waals surface area contributed by atoms with Gasteiger partial charge in [-0.25, -0.2) is 9.69 Å². The largest absolute Gasteiger partial charge is 0.508 e. The Balaban J connectivity index is 2.47. The van der Waals surface area contributed by atoms with E-state index in [1.165, 1.54) is 6.07 Å².